The van der Waals surface area contributed by atoms with Gasteiger partial charge < -0.3 is 5.32 Å². The van der Waals surface area contributed by atoms with Crippen LogP contribution in [0, 0.1) is 6.92 Å². The smallest absolute Gasteiger partial charge is 0.258 e. The van der Waals surface area contributed by atoms with Crippen molar-refractivity contribution >= 4 is 11.6 Å². The minimum Gasteiger partial charge on any atom is -0.320 e. The predicted molar refractivity (Wildman–Crippen MR) is 70.9 cm³/mol. The largest absolute Gasteiger partial charge is 0.320 e. The summed E-state index contributed by atoms with van der Waals surface area (Å²) >= 11 is 0. The number of hydrogen-bond donors (Lipinski definition) is 1. The van der Waals surface area contributed by atoms with E-state index in [1.165, 1.54) is 0 Å². The molecule has 0 bridgehead atoms. The average molecular weight is 254 g/mol. The van der Waals surface area contributed by atoms with Crippen molar-refractivity contribution in [2.24, 2.45) is 0 Å². The van der Waals surface area contributed by atoms with E-state index in [0.29, 0.717) is 17.2 Å². The van der Waals surface area contributed by atoms with Gasteiger partial charge in [0.2, 0.25) is 0 Å². The zero-order chi connectivity index (χ0) is 13.2. The third-order valence-electron chi connectivity index (χ3n) is 3.05. The highest BCUT2D eigenvalue weighted by Crippen LogP contribution is 2.37. The van der Waals surface area contributed by atoms with E-state index >= 15 is 0 Å². The Balaban J connectivity index is 1.70. The van der Waals surface area contributed by atoms with Crippen molar-refractivity contribution in [3.8, 4) is 0 Å². The molecule has 1 N–H and O–H groups in total. The second kappa shape index (κ2) is 4.76. The van der Waals surface area contributed by atoms with Gasteiger partial charge in [-0.15, -0.1) is 0 Å². The number of hydrogen-bond acceptors (Lipinski definition) is 4. The minimum absolute atomic E-state index is 0.215. The van der Waals surface area contributed by atoms with Crippen LogP contribution in [-0.4, -0.2) is 20.9 Å². The molecule has 1 saturated carbocycles. The monoisotopic (exact) mass is 254 g/mol. The topological polar surface area (TPSA) is 67.8 Å². The lowest BCUT2D eigenvalue weighted by atomic mass is 10.3. The van der Waals surface area contributed by atoms with Crippen molar-refractivity contribution in [3.63, 3.8) is 0 Å². The average Bonchev–Trinajstić information content (AvgIpc) is 3.26. The van der Waals surface area contributed by atoms with Crippen LogP contribution in [-0.2, 0) is 0 Å². The molecule has 1 aliphatic rings. The van der Waals surface area contributed by atoms with E-state index in [1.54, 1.807) is 18.6 Å². The van der Waals surface area contributed by atoms with E-state index < -0.39 is 0 Å². The molecule has 0 aliphatic heterocycles. The molecule has 2 heterocycles. The molecule has 96 valence electrons. The third kappa shape index (κ3) is 2.76. The fourth-order valence-corrected chi connectivity index (χ4v) is 1.75. The maximum atomic E-state index is 12.0. The zero-order valence-electron chi connectivity index (χ0n) is 10.6. The number of amides is 1. The highest BCUT2D eigenvalue weighted by molar-refractivity contribution is 6.03. The lowest BCUT2D eigenvalue weighted by molar-refractivity contribution is 0.102. The SMILES string of the molecule is Cc1ccc(NC(=O)c2cnc(C3CC3)nc2)cn1. The first-order valence-electron chi connectivity index (χ1n) is 6.28. The van der Waals surface area contributed by atoms with Gasteiger partial charge in [-0.2, -0.15) is 0 Å². The van der Waals surface area contributed by atoms with Gasteiger partial charge in [-0.25, -0.2) is 9.97 Å². The van der Waals surface area contributed by atoms with E-state index in [2.05, 4.69) is 20.3 Å². The summed E-state index contributed by atoms with van der Waals surface area (Å²) in [5.74, 6) is 1.12. The fourth-order valence-electron chi connectivity index (χ4n) is 1.75. The summed E-state index contributed by atoms with van der Waals surface area (Å²) in [6, 6.07) is 3.67. The Bertz CT molecular complexity index is 588. The third-order valence-corrected chi connectivity index (χ3v) is 3.05. The predicted octanol–water partition coefficient (Wildman–Crippen LogP) is 2.31. The normalized spacial score (nSPS) is 14.2. The quantitative estimate of drug-likeness (QED) is 0.912. The van der Waals surface area contributed by atoms with Gasteiger partial charge in [-0.05, 0) is 31.9 Å². The van der Waals surface area contributed by atoms with Crippen LogP contribution in [0.15, 0.2) is 30.7 Å². The van der Waals surface area contributed by atoms with E-state index in [9.17, 15) is 4.79 Å². The second-order valence-corrected chi connectivity index (χ2v) is 4.75. The lowest BCUT2D eigenvalue weighted by Gasteiger charge is -2.05. The molecule has 0 spiro atoms. The number of rotatable bonds is 3. The molecule has 0 atom stereocenters. The number of carbonyl (C=O) groups excluding carboxylic acids is 1. The fraction of sp³-hybridized carbons (Fsp3) is 0.286. The Hall–Kier alpha value is -2.30. The zero-order valence-corrected chi connectivity index (χ0v) is 10.6. The second-order valence-electron chi connectivity index (χ2n) is 4.75. The number of nitrogens with zero attached hydrogens (tertiary/aromatic N) is 3. The Morgan fingerprint density at radius 3 is 2.47 bits per heavy atom. The molecule has 1 fully saturated rings. The lowest BCUT2D eigenvalue weighted by Crippen LogP contribution is -2.13. The molecule has 3 rings (SSSR count). The Morgan fingerprint density at radius 1 is 1.16 bits per heavy atom. The molecule has 0 saturated heterocycles. The maximum absolute atomic E-state index is 12.0. The van der Waals surface area contributed by atoms with Crippen LogP contribution in [0.1, 0.15) is 40.6 Å². The number of anilines is 1. The van der Waals surface area contributed by atoms with Crippen LogP contribution in [0.5, 0.6) is 0 Å². The van der Waals surface area contributed by atoms with E-state index in [4.69, 9.17) is 0 Å². The summed E-state index contributed by atoms with van der Waals surface area (Å²) < 4.78 is 0. The Morgan fingerprint density at radius 2 is 1.89 bits per heavy atom. The number of carbonyl (C=O) groups is 1. The van der Waals surface area contributed by atoms with Crippen molar-refractivity contribution < 1.29 is 4.79 Å². The summed E-state index contributed by atoms with van der Waals surface area (Å²) in [6.07, 6.45) is 7.10. The molecule has 1 amide bonds. The van der Waals surface area contributed by atoms with Gasteiger partial charge in [0.05, 0.1) is 17.4 Å². The minimum atomic E-state index is -0.215. The Kier molecular flexibility index (Phi) is 2.95. The first kappa shape index (κ1) is 11.8. The van der Waals surface area contributed by atoms with Gasteiger partial charge in [0.15, 0.2) is 0 Å². The molecule has 5 nitrogen and oxygen atoms in total. The van der Waals surface area contributed by atoms with Crippen molar-refractivity contribution in [1.82, 2.24) is 15.0 Å². The van der Waals surface area contributed by atoms with Gasteiger partial charge in [-0.1, -0.05) is 0 Å². The first-order chi connectivity index (χ1) is 9.22. The molecule has 0 aromatic carbocycles. The van der Waals surface area contributed by atoms with Gasteiger partial charge in [0.1, 0.15) is 5.82 Å². The molecular weight excluding hydrogens is 240 g/mol. The van der Waals surface area contributed by atoms with Crippen LogP contribution in [0.4, 0.5) is 5.69 Å². The summed E-state index contributed by atoms with van der Waals surface area (Å²) in [7, 11) is 0. The van der Waals surface area contributed by atoms with Gasteiger partial charge in [0.25, 0.3) is 5.91 Å². The van der Waals surface area contributed by atoms with Gasteiger partial charge >= 0.3 is 0 Å². The van der Waals surface area contributed by atoms with Crippen molar-refractivity contribution in [2.75, 3.05) is 5.32 Å². The van der Waals surface area contributed by atoms with Crippen LogP contribution in [0.3, 0.4) is 0 Å². The van der Waals surface area contributed by atoms with E-state index in [0.717, 1.165) is 24.4 Å². The van der Waals surface area contributed by atoms with Crippen molar-refractivity contribution in [1.29, 1.82) is 0 Å². The molecule has 2 aromatic heterocycles. The number of pyridine rings is 1. The van der Waals surface area contributed by atoms with E-state index in [-0.39, 0.29) is 5.91 Å². The molecule has 19 heavy (non-hydrogen) atoms. The summed E-state index contributed by atoms with van der Waals surface area (Å²) in [4.78, 5) is 24.6. The molecule has 0 unspecified atom stereocenters. The van der Waals surface area contributed by atoms with Crippen LogP contribution >= 0.6 is 0 Å². The van der Waals surface area contributed by atoms with Crippen molar-refractivity contribution in [2.45, 2.75) is 25.7 Å². The van der Waals surface area contributed by atoms with Crippen LogP contribution < -0.4 is 5.32 Å². The first-order valence-corrected chi connectivity index (χ1v) is 6.28. The highest BCUT2D eigenvalue weighted by Gasteiger charge is 2.26. The summed E-state index contributed by atoms with van der Waals surface area (Å²) in [5.41, 5.74) is 2.04. The number of aromatic nitrogens is 3. The maximum Gasteiger partial charge on any atom is 0.258 e. The summed E-state index contributed by atoms with van der Waals surface area (Å²) in [5, 5.41) is 2.77. The number of nitrogens with one attached hydrogen (secondary N) is 1. The standard InChI is InChI=1S/C14H14N4O/c1-9-2-5-12(8-15-9)18-14(19)11-6-16-13(17-7-11)10-3-4-10/h2,5-8,10H,3-4H2,1H3,(H,18,19). The molecular formula is C14H14N4O. The molecule has 5 heteroatoms. The highest BCUT2D eigenvalue weighted by atomic mass is 16.1. The summed E-state index contributed by atoms with van der Waals surface area (Å²) in [6.45, 7) is 1.90. The van der Waals surface area contributed by atoms with Gasteiger partial charge in [-0.3, -0.25) is 9.78 Å². The molecule has 2 aromatic rings. The van der Waals surface area contributed by atoms with Crippen molar-refractivity contribution in [3.05, 3.63) is 47.8 Å². The van der Waals surface area contributed by atoms with Gasteiger partial charge in [0, 0.05) is 24.0 Å². The van der Waals surface area contributed by atoms with Crippen LogP contribution in [0.25, 0.3) is 0 Å². The molecule has 1 aliphatic carbocycles. The van der Waals surface area contributed by atoms with Crippen LogP contribution in [0.2, 0.25) is 0 Å². The molecule has 0 radical (unpaired) electrons. The van der Waals surface area contributed by atoms with E-state index in [1.807, 2.05) is 19.1 Å². The number of aryl methyl sites for hydroxylation is 1. The Labute approximate surface area is 111 Å².